The average molecular weight is 411 g/mol. The van der Waals surface area contributed by atoms with Crippen molar-refractivity contribution in [3.8, 4) is 11.1 Å². The molecule has 0 bridgehead atoms. The summed E-state index contributed by atoms with van der Waals surface area (Å²) in [5.41, 5.74) is 2.82. The molecule has 2 saturated carbocycles. The highest BCUT2D eigenvalue weighted by Gasteiger charge is 2.31. The molecule has 0 saturated heterocycles. The number of halogens is 2. The summed E-state index contributed by atoms with van der Waals surface area (Å²) in [5.74, 6) is 2.02. The molecule has 0 heterocycles. The Bertz CT molecular complexity index is 822. The number of aryl methyl sites for hydroxylation is 1. The Morgan fingerprint density at radius 1 is 0.733 bits per heavy atom. The van der Waals surface area contributed by atoms with Crippen LogP contribution in [0.1, 0.15) is 88.2 Å². The second kappa shape index (κ2) is 9.62. The Kier molecular flexibility index (Phi) is 6.91. The van der Waals surface area contributed by atoms with Crippen LogP contribution in [-0.4, -0.2) is 0 Å². The number of hydrogen-bond acceptors (Lipinski definition) is 0. The van der Waals surface area contributed by atoms with Crippen LogP contribution in [0.2, 0.25) is 0 Å². The van der Waals surface area contributed by atoms with Gasteiger partial charge in [-0.1, -0.05) is 69.0 Å². The van der Waals surface area contributed by atoms with Gasteiger partial charge < -0.3 is 0 Å². The van der Waals surface area contributed by atoms with Crippen LogP contribution >= 0.6 is 0 Å². The third-order valence-corrected chi connectivity index (χ3v) is 8.00. The van der Waals surface area contributed by atoms with Crippen molar-refractivity contribution >= 4 is 0 Å². The van der Waals surface area contributed by atoms with Crippen molar-refractivity contribution in [2.45, 2.75) is 84.0 Å². The molecule has 0 aliphatic heterocycles. The average Bonchev–Trinajstić information content (AvgIpc) is 2.79. The molecule has 0 nitrogen and oxygen atoms in total. The molecule has 0 spiro atoms. The summed E-state index contributed by atoms with van der Waals surface area (Å²) in [6.45, 7) is 3.91. The zero-order chi connectivity index (χ0) is 21.1. The van der Waals surface area contributed by atoms with E-state index >= 15 is 0 Å². The van der Waals surface area contributed by atoms with E-state index in [-0.39, 0.29) is 0 Å². The van der Waals surface area contributed by atoms with Gasteiger partial charge in [0, 0.05) is 5.56 Å². The highest BCUT2D eigenvalue weighted by Crippen LogP contribution is 2.44. The minimum Gasteiger partial charge on any atom is -0.203 e. The topological polar surface area (TPSA) is 0 Å². The monoisotopic (exact) mass is 410 g/mol. The number of hydrogen-bond donors (Lipinski definition) is 0. The second-order valence-electron chi connectivity index (χ2n) is 9.86. The lowest BCUT2D eigenvalue weighted by molar-refractivity contribution is 0.156. The van der Waals surface area contributed by atoms with Gasteiger partial charge in [0.2, 0.25) is 0 Å². The smallest absolute Gasteiger partial charge is 0.166 e. The molecule has 2 aromatic rings. The maximum Gasteiger partial charge on any atom is 0.166 e. The van der Waals surface area contributed by atoms with Crippen LogP contribution in [0.3, 0.4) is 0 Å². The lowest BCUT2D eigenvalue weighted by Crippen LogP contribution is -2.25. The molecule has 4 rings (SSSR count). The molecule has 0 aromatic heterocycles. The van der Waals surface area contributed by atoms with E-state index < -0.39 is 11.6 Å². The molecular formula is C28H36F2. The Morgan fingerprint density at radius 2 is 1.33 bits per heavy atom. The first-order valence-corrected chi connectivity index (χ1v) is 12.1. The van der Waals surface area contributed by atoms with Crippen molar-refractivity contribution in [3.05, 3.63) is 59.2 Å². The molecule has 2 aromatic carbocycles. The van der Waals surface area contributed by atoms with Crippen LogP contribution in [0, 0.1) is 36.3 Å². The van der Waals surface area contributed by atoms with Crippen LogP contribution in [0.15, 0.2) is 36.4 Å². The van der Waals surface area contributed by atoms with Crippen molar-refractivity contribution in [1.82, 2.24) is 0 Å². The first kappa shape index (κ1) is 21.5. The van der Waals surface area contributed by atoms with E-state index in [2.05, 4.69) is 19.1 Å². The predicted octanol–water partition coefficient (Wildman–Crippen LogP) is 8.82. The lowest BCUT2D eigenvalue weighted by Gasteiger charge is -2.38. The Hall–Kier alpha value is -1.70. The Balaban J connectivity index is 1.34. The molecule has 2 aliphatic carbocycles. The number of benzene rings is 2. The standard InChI is InChI=1S/C28H36F2/c1-3-4-20-6-8-21(9-7-20)22-10-12-23(13-11-22)24-14-16-25(17-15-24)26-18-5-19(2)27(29)28(26)30/h5,14-18,20-23H,3-4,6-13H2,1-2H3. The SMILES string of the molecule is CCCC1CCC(C2CCC(c3ccc(-c4ccc(C)c(F)c4F)cc3)CC2)CC1. The molecule has 2 heteroatoms. The highest BCUT2D eigenvalue weighted by atomic mass is 19.2. The van der Waals surface area contributed by atoms with Gasteiger partial charge in [0.15, 0.2) is 11.6 Å². The number of rotatable bonds is 5. The summed E-state index contributed by atoms with van der Waals surface area (Å²) >= 11 is 0. The van der Waals surface area contributed by atoms with E-state index in [0.717, 1.165) is 23.3 Å². The van der Waals surface area contributed by atoms with E-state index in [1.165, 1.54) is 69.8 Å². The summed E-state index contributed by atoms with van der Waals surface area (Å²) in [6, 6.07) is 11.5. The van der Waals surface area contributed by atoms with Crippen LogP contribution in [-0.2, 0) is 0 Å². The van der Waals surface area contributed by atoms with Crippen molar-refractivity contribution in [2.75, 3.05) is 0 Å². The maximum atomic E-state index is 14.3. The largest absolute Gasteiger partial charge is 0.203 e. The fourth-order valence-electron chi connectivity index (χ4n) is 6.08. The molecule has 0 radical (unpaired) electrons. The second-order valence-corrected chi connectivity index (χ2v) is 9.86. The van der Waals surface area contributed by atoms with Gasteiger partial charge in [0.1, 0.15) is 0 Å². The third kappa shape index (κ3) is 4.63. The summed E-state index contributed by atoms with van der Waals surface area (Å²) in [4.78, 5) is 0. The summed E-state index contributed by atoms with van der Waals surface area (Å²) in [7, 11) is 0. The summed E-state index contributed by atoms with van der Waals surface area (Å²) < 4.78 is 28.2. The van der Waals surface area contributed by atoms with Crippen molar-refractivity contribution in [1.29, 1.82) is 0 Å². The quantitative estimate of drug-likeness (QED) is 0.462. The summed E-state index contributed by atoms with van der Waals surface area (Å²) in [5, 5.41) is 0. The van der Waals surface area contributed by atoms with Gasteiger partial charge in [-0.05, 0) is 85.8 Å². The van der Waals surface area contributed by atoms with E-state index in [1.807, 2.05) is 12.1 Å². The fourth-order valence-corrected chi connectivity index (χ4v) is 6.08. The zero-order valence-electron chi connectivity index (χ0n) is 18.6. The minimum atomic E-state index is -0.739. The van der Waals surface area contributed by atoms with Crippen LogP contribution in [0.4, 0.5) is 8.78 Å². The minimum absolute atomic E-state index is 0.350. The maximum absolute atomic E-state index is 14.3. The molecule has 0 atom stereocenters. The van der Waals surface area contributed by atoms with Gasteiger partial charge in [0.25, 0.3) is 0 Å². The van der Waals surface area contributed by atoms with Gasteiger partial charge in [-0.25, -0.2) is 8.78 Å². The van der Waals surface area contributed by atoms with E-state index in [1.54, 1.807) is 19.1 Å². The first-order chi connectivity index (χ1) is 14.6. The molecule has 162 valence electrons. The summed E-state index contributed by atoms with van der Waals surface area (Å²) in [6.07, 6.45) is 13.8. The van der Waals surface area contributed by atoms with Crippen LogP contribution in [0.5, 0.6) is 0 Å². The predicted molar refractivity (Wildman–Crippen MR) is 122 cm³/mol. The van der Waals surface area contributed by atoms with E-state index in [0.29, 0.717) is 17.0 Å². The molecule has 2 aliphatic rings. The van der Waals surface area contributed by atoms with Gasteiger partial charge in [-0.15, -0.1) is 0 Å². The van der Waals surface area contributed by atoms with Gasteiger partial charge >= 0.3 is 0 Å². The van der Waals surface area contributed by atoms with E-state index in [4.69, 9.17) is 0 Å². The molecule has 0 amide bonds. The first-order valence-electron chi connectivity index (χ1n) is 12.1. The van der Waals surface area contributed by atoms with Gasteiger partial charge in [-0.2, -0.15) is 0 Å². The van der Waals surface area contributed by atoms with Crippen molar-refractivity contribution in [3.63, 3.8) is 0 Å². The van der Waals surface area contributed by atoms with Gasteiger partial charge in [0.05, 0.1) is 0 Å². The molecule has 0 unspecified atom stereocenters. The Morgan fingerprint density at radius 3 is 1.93 bits per heavy atom. The van der Waals surface area contributed by atoms with E-state index in [9.17, 15) is 8.78 Å². The van der Waals surface area contributed by atoms with Crippen LogP contribution < -0.4 is 0 Å². The van der Waals surface area contributed by atoms with Crippen molar-refractivity contribution < 1.29 is 8.78 Å². The van der Waals surface area contributed by atoms with Crippen molar-refractivity contribution in [2.24, 2.45) is 17.8 Å². The molecular weight excluding hydrogens is 374 g/mol. The molecule has 0 N–H and O–H groups in total. The fraction of sp³-hybridized carbons (Fsp3) is 0.571. The molecule has 2 fully saturated rings. The third-order valence-electron chi connectivity index (χ3n) is 8.00. The highest BCUT2D eigenvalue weighted by molar-refractivity contribution is 5.65. The molecule has 30 heavy (non-hydrogen) atoms. The normalized spacial score (nSPS) is 27.2. The van der Waals surface area contributed by atoms with Crippen LogP contribution in [0.25, 0.3) is 11.1 Å². The zero-order valence-corrected chi connectivity index (χ0v) is 18.6. The lowest BCUT2D eigenvalue weighted by atomic mass is 9.68. The van der Waals surface area contributed by atoms with Gasteiger partial charge in [-0.3, -0.25) is 0 Å². The Labute approximate surface area is 181 Å².